The molecular weight excluding hydrogens is 296 g/mol. The van der Waals surface area contributed by atoms with Gasteiger partial charge in [-0.15, -0.1) is 0 Å². The second-order valence-electron chi connectivity index (χ2n) is 6.23. The Hall–Kier alpha value is -0.985. The van der Waals surface area contributed by atoms with Gasteiger partial charge in [0.05, 0.1) is 11.2 Å². The Kier molecular flexibility index (Phi) is 3.93. The van der Waals surface area contributed by atoms with Crippen LogP contribution in [0.2, 0.25) is 0 Å². The molecule has 0 unspecified atom stereocenters. The Morgan fingerprint density at radius 2 is 1.76 bits per heavy atom. The molecule has 0 aliphatic carbocycles. The largest absolute Gasteiger partial charge is 0.496 e. The highest BCUT2D eigenvalue weighted by atomic mass is 32.2. The van der Waals surface area contributed by atoms with E-state index in [1.165, 1.54) is 12.3 Å². The average molecular weight is 315 g/mol. The van der Waals surface area contributed by atoms with Crippen molar-refractivity contribution in [3.05, 3.63) is 17.8 Å². The molecular formula is C13H19BFNO4S. The Balaban J connectivity index is 2.40. The van der Waals surface area contributed by atoms with Crippen molar-refractivity contribution in [3.8, 4) is 0 Å². The maximum absolute atomic E-state index is 13.1. The summed E-state index contributed by atoms with van der Waals surface area (Å²) in [4.78, 5) is 3.87. The minimum atomic E-state index is -3.56. The first-order chi connectivity index (χ1) is 9.48. The highest BCUT2D eigenvalue weighted by molar-refractivity contribution is 7.90. The Morgan fingerprint density at radius 1 is 1.24 bits per heavy atom. The summed E-state index contributed by atoms with van der Waals surface area (Å²) in [5, 5.41) is -0.245. The maximum Gasteiger partial charge on any atom is 0.496 e. The highest BCUT2D eigenvalue weighted by Gasteiger charge is 2.51. The third-order valence-corrected chi connectivity index (χ3v) is 5.04. The normalized spacial score (nSPS) is 20.8. The summed E-state index contributed by atoms with van der Waals surface area (Å²) in [6, 6.07) is 1.44. The smallest absolute Gasteiger partial charge is 0.399 e. The van der Waals surface area contributed by atoms with Crippen LogP contribution in [-0.2, 0) is 25.8 Å². The zero-order chi connectivity index (χ0) is 16.1. The first-order valence-corrected chi connectivity index (χ1v) is 8.47. The van der Waals surface area contributed by atoms with E-state index >= 15 is 0 Å². The number of rotatable bonds is 3. The van der Waals surface area contributed by atoms with E-state index in [-0.39, 0.29) is 10.6 Å². The lowest BCUT2D eigenvalue weighted by Gasteiger charge is -2.32. The van der Waals surface area contributed by atoms with Crippen LogP contribution in [0.25, 0.3) is 0 Å². The number of hydrogen-bond acceptors (Lipinski definition) is 5. The molecule has 1 aliphatic heterocycles. The molecule has 0 radical (unpaired) electrons. The molecule has 0 bridgehead atoms. The molecule has 0 amide bonds. The van der Waals surface area contributed by atoms with Crippen LogP contribution in [0.15, 0.2) is 17.3 Å². The second-order valence-corrected chi connectivity index (χ2v) is 8.16. The number of nitrogens with zero attached hydrogens (tertiary/aromatic N) is 1. The van der Waals surface area contributed by atoms with Crippen LogP contribution in [0.5, 0.6) is 0 Å². The number of halogens is 1. The fraction of sp³-hybridized carbons (Fsp3) is 0.615. The lowest BCUT2D eigenvalue weighted by molar-refractivity contribution is 0.00578. The zero-order valence-electron chi connectivity index (χ0n) is 12.8. The molecule has 1 aromatic heterocycles. The van der Waals surface area contributed by atoms with E-state index < -0.39 is 34.8 Å². The fourth-order valence-corrected chi connectivity index (χ4v) is 2.89. The Bertz CT molecular complexity index is 644. The van der Waals surface area contributed by atoms with Gasteiger partial charge in [-0.1, -0.05) is 6.07 Å². The van der Waals surface area contributed by atoms with E-state index in [0.717, 1.165) is 6.26 Å². The monoisotopic (exact) mass is 315 g/mol. The predicted octanol–water partition coefficient (Wildman–Crippen LogP) is 1.25. The van der Waals surface area contributed by atoms with Gasteiger partial charge in [0.15, 0.2) is 14.9 Å². The van der Waals surface area contributed by atoms with Gasteiger partial charge in [0.25, 0.3) is 0 Å². The van der Waals surface area contributed by atoms with Crippen molar-refractivity contribution in [3.63, 3.8) is 0 Å². The summed E-state index contributed by atoms with van der Waals surface area (Å²) >= 11 is 0. The van der Waals surface area contributed by atoms with Gasteiger partial charge in [-0.05, 0) is 27.7 Å². The lowest BCUT2D eigenvalue weighted by atomic mass is 9.80. The van der Waals surface area contributed by atoms with Crippen LogP contribution in [0.4, 0.5) is 4.39 Å². The first-order valence-electron chi connectivity index (χ1n) is 6.58. The number of aromatic nitrogens is 1. The minimum absolute atomic E-state index is 0.0183. The molecule has 0 spiro atoms. The molecule has 8 heteroatoms. The molecule has 0 N–H and O–H groups in total. The van der Waals surface area contributed by atoms with Crippen LogP contribution in [0.3, 0.4) is 0 Å². The molecule has 0 aromatic carbocycles. The van der Waals surface area contributed by atoms with Gasteiger partial charge in [0.2, 0.25) is 0 Å². The average Bonchev–Trinajstić information content (AvgIpc) is 2.56. The summed E-state index contributed by atoms with van der Waals surface area (Å²) in [6.45, 7) is 6.70. The van der Waals surface area contributed by atoms with Gasteiger partial charge in [0, 0.05) is 23.5 Å². The number of hydrogen-bond donors (Lipinski definition) is 0. The molecule has 1 fully saturated rings. The van der Waals surface area contributed by atoms with Gasteiger partial charge in [-0.3, -0.25) is 0 Å². The zero-order valence-corrected chi connectivity index (χ0v) is 13.6. The molecule has 1 saturated heterocycles. The van der Waals surface area contributed by atoms with Crippen LogP contribution in [0.1, 0.15) is 33.3 Å². The van der Waals surface area contributed by atoms with Crippen molar-refractivity contribution < 1.29 is 22.1 Å². The summed E-state index contributed by atoms with van der Waals surface area (Å²) < 4.78 is 47.9. The second kappa shape index (κ2) is 5.03. The molecule has 116 valence electrons. The Labute approximate surface area is 124 Å². The van der Waals surface area contributed by atoms with Gasteiger partial charge < -0.3 is 9.31 Å². The topological polar surface area (TPSA) is 65.5 Å². The van der Waals surface area contributed by atoms with E-state index in [1.54, 1.807) is 0 Å². The van der Waals surface area contributed by atoms with Crippen molar-refractivity contribution in [2.45, 2.75) is 50.6 Å². The van der Waals surface area contributed by atoms with Crippen LogP contribution < -0.4 is 5.46 Å². The van der Waals surface area contributed by atoms with Crippen LogP contribution in [-0.4, -0.2) is 38.0 Å². The fourth-order valence-electron chi connectivity index (χ4n) is 2.05. The van der Waals surface area contributed by atoms with Crippen molar-refractivity contribution >= 4 is 22.4 Å². The van der Waals surface area contributed by atoms with Gasteiger partial charge in [-0.25, -0.2) is 17.8 Å². The molecule has 1 aliphatic rings. The lowest BCUT2D eigenvalue weighted by Crippen LogP contribution is -2.41. The van der Waals surface area contributed by atoms with E-state index in [2.05, 4.69) is 4.98 Å². The summed E-state index contributed by atoms with van der Waals surface area (Å²) in [7, 11) is -4.26. The van der Waals surface area contributed by atoms with Gasteiger partial charge in [-0.2, -0.15) is 0 Å². The molecule has 2 heterocycles. The summed E-state index contributed by atoms with van der Waals surface area (Å²) in [6.07, 6.45) is 2.36. The number of alkyl halides is 1. The molecule has 2 rings (SSSR count). The van der Waals surface area contributed by atoms with E-state index in [1.807, 2.05) is 27.7 Å². The van der Waals surface area contributed by atoms with Crippen molar-refractivity contribution in [2.24, 2.45) is 0 Å². The Morgan fingerprint density at radius 3 is 2.19 bits per heavy atom. The molecule has 5 nitrogen and oxygen atoms in total. The third-order valence-electron chi connectivity index (χ3n) is 3.97. The summed E-state index contributed by atoms with van der Waals surface area (Å²) in [5.41, 5.74) is -0.523. The quantitative estimate of drug-likeness (QED) is 0.786. The van der Waals surface area contributed by atoms with Crippen molar-refractivity contribution in [2.75, 3.05) is 6.26 Å². The SMILES string of the molecule is CC1(C)OB(c2cnc(S(C)(=O)=O)c(CF)c2)OC1(C)C. The first kappa shape index (κ1) is 16.4. The van der Waals surface area contributed by atoms with E-state index in [9.17, 15) is 12.8 Å². The molecule has 0 saturated carbocycles. The predicted molar refractivity (Wildman–Crippen MR) is 77.9 cm³/mol. The number of pyridine rings is 1. The van der Waals surface area contributed by atoms with Crippen LogP contribution >= 0.6 is 0 Å². The van der Waals surface area contributed by atoms with Gasteiger partial charge >= 0.3 is 7.12 Å². The van der Waals surface area contributed by atoms with E-state index in [0.29, 0.717) is 5.46 Å². The number of sulfone groups is 1. The summed E-state index contributed by atoms with van der Waals surface area (Å²) in [5.74, 6) is 0. The third kappa shape index (κ3) is 2.98. The molecule has 21 heavy (non-hydrogen) atoms. The molecule has 1 aromatic rings. The van der Waals surface area contributed by atoms with Gasteiger partial charge in [0.1, 0.15) is 6.67 Å². The maximum atomic E-state index is 13.1. The van der Waals surface area contributed by atoms with E-state index in [4.69, 9.17) is 9.31 Å². The highest BCUT2D eigenvalue weighted by Crippen LogP contribution is 2.36. The van der Waals surface area contributed by atoms with Crippen molar-refractivity contribution in [1.29, 1.82) is 0 Å². The molecule has 0 atom stereocenters. The van der Waals surface area contributed by atoms with Crippen LogP contribution in [0, 0.1) is 0 Å². The van der Waals surface area contributed by atoms with Crippen molar-refractivity contribution in [1.82, 2.24) is 4.98 Å². The standard InChI is InChI=1S/C13H19BFNO4S/c1-12(2)13(3,4)20-14(19-12)10-6-9(7-15)11(16-8-10)21(5,17)18/h6,8H,7H2,1-5H3. The minimum Gasteiger partial charge on any atom is -0.399 e.